The molecule has 24 heavy (non-hydrogen) atoms. The highest BCUT2D eigenvalue weighted by atomic mass is 16.5. The van der Waals surface area contributed by atoms with Gasteiger partial charge in [-0.3, -0.25) is 14.4 Å². The van der Waals surface area contributed by atoms with Crippen LogP contribution in [0.2, 0.25) is 0 Å². The Bertz CT molecular complexity index is 566. The topological polar surface area (TPSA) is 75.7 Å². The van der Waals surface area contributed by atoms with Crippen LogP contribution < -0.4 is 5.32 Å². The number of esters is 1. The molecule has 1 N–H and O–H groups in total. The number of carbonyl (C=O) groups excluding carboxylic acids is 3. The second-order valence-corrected chi connectivity index (χ2v) is 5.85. The number of hydrogen-bond acceptors (Lipinski definition) is 4. The summed E-state index contributed by atoms with van der Waals surface area (Å²) in [6.07, 6.45) is 1.49. The van der Waals surface area contributed by atoms with Crippen LogP contribution in [0, 0.1) is 5.92 Å². The molecule has 0 saturated carbocycles. The van der Waals surface area contributed by atoms with Crippen molar-refractivity contribution in [2.45, 2.75) is 26.2 Å². The molecule has 2 rings (SSSR count). The van der Waals surface area contributed by atoms with Gasteiger partial charge in [-0.05, 0) is 25.3 Å². The lowest BCUT2D eigenvalue weighted by atomic mass is 9.97. The van der Waals surface area contributed by atoms with Crippen LogP contribution in [0.1, 0.15) is 25.3 Å². The number of nitrogens with one attached hydrogen (secondary N) is 1. The van der Waals surface area contributed by atoms with Gasteiger partial charge in [-0.1, -0.05) is 30.3 Å². The van der Waals surface area contributed by atoms with Crippen molar-refractivity contribution in [3.63, 3.8) is 0 Å². The largest absolute Gasteiger partial charge is 0.466 e. The molecule has 0 aromatic heterocycles. The van der Waals surface area contributed by atoms with Gasteiger partial charge < -0.3 is 15.0 Å². The number of likely N-dealkylation sites (tertiary alicyclic amines) is 1. The number of rotatable bonds is 6. The van der Waals surface area contributed by atoms with Crippen molar-refractivity contribution >= 4 is 17.8 Å². The van der Waals surface area contributed by atoms with Gasteiger partial charge in [0, 0.05) is 13.1 Å². The summed E-state index contributed by atoms with van der Waals surface area (Å²) in [6.45, 7) is 3.21. The van der Waals surface area contributed by atoms with Gasteiger partial charge in [0.05, 0.1) is 25.5 Å². The van der Waals surface area contributed by atoms with E-state index in [1.54, 1.807) is 11.8 Å². The van der Waals surface area contributed by atoms with E-state index in [4.69, 9.17) is 4.74 Å². The quantitative estimate of drug-likeness (QED) is 0.793. The van der Waals surface area contributed by atoms with Gasteiger partial charge in [0.15, 0.2) is 0 Å². The maximum Gasteiger partial charge on any atom is 0.309 e. The predicted molar refractivity (Wildman–Crippen MR) is 89.1 cm³/mol. The van der Waals surface area contributed by atoms with Crippen molar-refractivity contribution in [3.8, 4) is 0 Å². The number of hydrogen-bond donors (Lipinski definition) is 1. The van der Waals surface area contributed by atoms with Crippen molar-refractivity contribution in [1.82, 2.24) is 10.2 Å². The molecule has 2 amide bonds. The number of nitrogens with zero attached hydrogens (tertiary/aromatic N) is 1. The van der Waals surface area contributed by atoms with E-state index in [0.29, 0.717) is 32.5 Å². The van der Waals surface area contributed by atoms with Gasteiger partial charge in [0.25, 0.3) is 0 Å². The monoisotopic (exact) mass is 332 g/mol. The molecular formula is C18H24N2O4. The molecule has 130 valence electrons. The molecule has 6 nitrogen and oxygen atoms in total. The maximum atomic E-state index is 12.2. The smallest absolute Gasteiger partial charge is 0.309 e. The Kier molecular flexibility index (Phi) is 6.78. The lowest BCUT2D eigenvalue weighted by molar-refractivity contribution is -0.151. The van der Waals surface area contributed by atoms with E-state index in [1.807, 2.05) is 30.3 Å². The summed E-state index contributed by atoms with van der Waals surface area (Å²) >= 11 is 0. The fourth-order valence-electron chi connectivity index (χ4n) is 2.75. The highest BCUT2D eigenvalue weighted by molar-refractivity contribution is 5.86. The van der Waals surface area contributed by atoms with E-state index < -0.39 is 0 Å². The molecule has 1 aromatic carbocycles. The summed E-state index contributed by atoms with van der Waals surface area (Å²) in [5.41, 5.74) is 0.915. The highest BCUT2D eigenvalue weighted by Gasteiger charge is 2.28. The Hall–Kier alpha value is -2.37. The first kappa shape index (κ1) is 18.0. The first-order valence-corrected chi connectivity index (χ1v) is 8.35. The number of benzene rings is 1. The third-order valence-electron chi connectivity index (χ3n) is 4.11. The zero-order valence-corrected chi connectivity index (χ0v) is 14.0. The molecule has 1 saturated heterocycles. The summed E-state index contributed by atoms with van der Waals surface area (Å²) < 4.78 is 5.01. The second-order valence-electron chi connectivity index (χ2n) is 5.85. The average Bonchev–Trinajstić information content (AvgIpc) is 2.61. The molecule has 1 fully saturated rings. The molecule has 0 unspecified atom stereocenters. The number of amides is 2. The summed E-state index contributed by atoms with van der Waals surface area (Å²) in [4.78, 5) is 37.4. The molecule has 0 atom stereocenters. The summed E-state index contributed by atoms with van der Waals surface area (Å²) in [7, 11) is 0. The van der Waals surface area contributed by atoms with Gasteiger partial charge in [0.1, 0.15) is 0 Å². The Morgan fingerprint density at radius 1 is 1.17 bits per heavy atom. The SMILES string of the molecule is CCOC(=O)C1CCN(C(=O)CNC(=O)Cc2ccccc2)CC1. The van der Waals surface area contributed by atoms with Crippen molar-refractivity contribution in [2.24, 2.45) is 5.92 Å². The minimum absolute atomic E-state index is 0.00423. The first-order valence-electron chi connectivity index (χ1n) is 8.35. The standard InChI is InChI=1S/C18H24N2O4/c1-2-24-18(23)15-8-10-20(11-9-15)17(22)13-19-16(21)12-14-6-4-3-5-7-14/h3-7,15H,2,8-13H2,1H3,(H,19,21). The molecule has 1 aromatic rings. The molecule has 1 aliphatic heterocycles. The fourth-order valence-corrected chi connectivity index (χ4v) is 2.75. The minimum Gasteiger partial charge on any atom is -0.466 e. The van der Waals surface area contributed by atoms with Crippen molar-refractivity contribution < 1.29 is 19.1 Å². The lowest BCUT2D eigenvalue weighted by Crippen LogP contribution is -2.45. The zero-order valence-electron chi connectivity index (χ0n) is 14.0. The second kappa shape index (κ2) is 9.05. The molecule has 1 heterocycles. The van der Waals surface area contributed by atoms with E-state index in [-0.39, 0.29) is 36.7 Å². The van der Waals surface area contributed by atoms with Crippen LogP contribution in [0.25, 0.3) is 0 Å². The fraction of sp³-hybridized carbons (Fsp3) is 0.500. The van der Waals surface area contributed by atoms with Crippen molar-refractivity contribution in [1.29, 1.82) is 0 Å². The van der Waals surface area contributed by atoms with E-state index >= 15 is 0 Å². The Balaban J connectivity index is 1.70. The van der Waals surface area contributed by atoms with Gasteiger partial charge in [-0.25, -0.2) is 0 Å². The average molecular weight is 332 g/mol. The van der Waals surface area contributed by atoms with Crippen LogP contribution in [-0.2, 0) is 25.5 Å². The van der Waals surface area contributed by atoms with Crippen LogP contribution in [0.3, 0.4) is 0 Å². The van der Waals surface area contributed by atoms with Gasteiger partial charge in [-0.15, -0.1) is 0 Å². The summed E-state index contributed by atoms with van der Waals surface area (Å²) in [6, 6.07) is 9.40. The molecule has 0 radical (unpaired) electrons. The Labute approximate surface area is 142 Å². The van der Waals surface area contributed by atoms with Gasteiger partial charge in [0.2, 0.25) is 11.8 Å². The van der Waals surface area contributed by atoms with Crippen molar-refractivity contribution in [2.75, 3.05) is 26.2 Å². The third kappa shape index (κ3) is 5.37. The predicted octanol–water partition coefficient (Wildman–Crippen LogP) is 1.15. The van der Waals surface area contributed by atoms with Crippen LogP contribution >= 0.6 is 0 Å². The molecular weight excluding hydrogens is 308 g/mol. The van der Waals surface area contributed by atoms with Gasteiger partial charge >= 0.3 is 5.97 Å². The molecule has 0 aliphatic carbocycles. The molecule has 0 bridgehead atoms. The number of piperidine rings is 1. The van der Waals surface area contributed by atoms with Crippen LogP contribution in [-0.4, -0.2) is 48.9 Å². The first-order chi connectivity index (χ1) is 11.6. The summed E-state index contributed by atoms with van der Waals surface area (Å²) in [5, 5.41) is 2.66. The molecule has 1 aliphatic rings. The molecule has 6 heteroatoms. The lowest BCUT2D eigenvalue weighted by Gasteiger charge is -2.30. The normalized spacial score (nSPS) is 15.0. The van der Waals surface area contributed by atoms with E-state index in [2.05, 4.69) is 5.32 Å². The number of carbonyl (C=O) groups is 3. The van der Waals surface area contributed by atoms with Crippen molar-refractivity contribution in [3.05, 3.63) is 35.9 Å². The van der Waals surface area contributed by atoms with Crippen LogP contribution in [0.15, 0.2) is 30.3 Å². The van der Waals surface area contributed by atoms with E-state index in [0.717, 1.165) is 5.56 Å². The zero-order chi connectivity index (χ0) is 17.4. The highest BCUT2D eigenvalue weighted by Crippen LogP contribution is 2.18. The van der Waals surface area contributed by atoms with Crippen LogP contribution in [0.5, 0.6) is 0 Å². The minimum atomic E-state index is -0.180. The molecule has 0 spiro atoms. The Morgan fingerprint density at radius 3 is 2.46 bits per heavy atom. The van der Waals surface area contributed by atoms with E-state index in [1.165, 1.54) is 0 Å². The van der Waals surface area contributed by atoms with E-state index in [9.17, 15) is 14.4 Å². The van der Waals surface area contributed by atoms with Gasteiger partial charge in [-0.2, -0.15) is 0 Å². The Morgan fingerprint density at radius 2 is 1.83 bits per heavy atom. The third-order valence-corrected chi connectivity index (χ3v) is 4.11. The maximum absolute atomic E-state index is 12.2. The summed E-state index contributed by atoms with van der Waals surface area (Å²) in [5.74, 6) is -0.586. The van der Waals surface area contributed by atoms with Crippen LogP contribution in [0.4, 0.5) is 0 Å². The number of ether oxygens (including phenoxy) is 1.